The number of anilines is 2. The molecule has 0 saturated carbocycles. The minimum atomic E-state index is -0.240. The number of hydrogen-bond acceptors (Lipinski definition) is 4. The van der Waals surface area contributed by atoms with Gasteiger partial charge in [-0.05, 0) is 23.8 Å². The van der Waals surface area contributed by atoms with Crippen LogP contribution in [0.2, 0.25) is 0 Å². The van der Waals surface area contributed by atoms with Gasteiger partial charge in [-0.15, -0.1) is 0 Å². The predicted molar refractivity (Wildman–Crippen MR) is 78.8 cm³/mol. The van der Waals surface area contributed by atoms with Crippen molar-refractivity contribution in [1.82, 2.24) is 4.98 Å². The van der Waals surface area contributed by atoms with Crippen LogP contribution in [-0.2, 0) is 6.54 Å². The Bertz CT molecular complexity index is 587. The third kappa shape index (κ3) is 3.17. The second kappa shape index (κ2) is 6.23. The zero-order chi connectivity index (χ0) is 14.5. The maximum Gasteiger partial charge on any atom is 0.239 e. The molecule has 0 aliphatic rings. The second-order valence-corrected chi connectivity index (χ2v) is 4.59. The van der Waals surface area contributed by atoms with E-state index >= 15 is 0 Å². The first kappa shape index (κ1) is 14.1. The molecule has 0 aliphatic heterocycles. The monoisotopic (exact) mass is 275 g/mol. The molecule has 1 N–H and O–H groups in total. The summed E-state index contributed by atoms with van der Waals surface area (Å²) in [6.07, 6.45) is 1.70. The van der Waals surface area contributed by atoms with Crippen LogP contribution in [0, 0.1) is 5.82 Å². The van der Waals surface area contributed by atoms with E-state index in [1.165, 1.54) is 12.1 Å². The molecular weight excluding hydrogens is 257 g/mol. The summed E-state index contributed by atoms with van der Waals surface area (Å²) in [4.78, 5) is 6.15. The van der Waals surface area contributed by atoms with Crippen LogP contribution in [0.25, 0.3) is 0 Å². The first-order valence-corrected chi connectivity index (χ1v) is 6.30. The highest BCUT2D eigenvalue weighted by atomic mass is 19.1. The van der Waals surface area contributed by atoms with Gasteiger partial charge in [0.1, 0.15) is 11.5 Å². The number of benzene rings is 1. The Labute approximate surface area is 118 Å². The zero-order valence-electron chi connectivity index (χ0n) is 11.9. The molecule has 20 heavy (non-hydrogen) atoms. The summed E-state index contributed by atoms with van der Waals surface area (Å²) in [6, 6.07) is 8.40. The molecule has 1 aromatic heterocycles. The summed E-state index contributed by atoms with van der Waals surface area (Å²) in [6.45, 7) is 0.501. The van der Waals surface area contributed by atoms with Crippen LogP contribution in [0.4, 0.5) is 15.8 Å². The lowest BCUT2D eigenvalue weighted by molar-refractivity contribution is 0.400. The molecule has 0 spiro atoms. The van der Waals surface area contributed by atoms with Crippen LogP contribution < -0.4 is 15.0 Å². The minimum Gasteiger partial charge on any atom is -0.479 e. The second-order valence-electron chi connectivity index (χ2n) is 4.59. The molecule has 2 rings (SSSR count). The van der Waals surface area contributed by atoms with Crippen LogP contribution in [0.15, 0.2) is 36.5 Å². The first-order chi connectivity index (χ1) is 9.61. The van der Waals surface area contributed by atoms with Gasteiger partial charge in [0.2, 0.25) is 5.88 Å². The Morgan fingerprint density at radius 3 is 2.75 bits per heavy atom. The molecule has 106 valence electrons. The molecule has 1 heterocycles. The standard InChI is InChI=1S/C15H18FN3O/c1-19(2)13-7-8-17-15(20-3)14(13)18-10-11-5-4-6-12(16)9-11/h4-9,18H,10H2,1-3H3. The number of ether oxygens (including phenoxy) is 1. The SMILES string of the molecule is COc1nccc(N(C)C)c1NCc1cccc(F)c1. The minimum absolute atomic E-state index is 0.240. The maximum absolute atomic E-state index is 13.2. The highest BCUT2D eigenvalue weighted by molar-refractivity contribution is 5.74. The van der Waals surface area contributed by atoms with E-state index in [4.69, 9.17) is 4.74 Å². The van der Waals surface area contributed by atoms with E-state index in [-0.39, 0.29) is 5.82 Å². The zero-order valence-corrected chi connectivity index (χ0v) is 11.9. The van der Waals surface area contributed by atoms with Crippen molar-refractivity contribution in [1.29, 1.82) is 0 Å². The smallest absolute Gasteiger partial charge is 0.239 e. The van der Waals surface area contributed by atoms with E-state index in [0.717, 1.165) is 16.9 Å². The van der Waals surface area contributed by atoms with Gasteiger partial charge in [-0.25, -0.2) is 9.37 Å². The summed E-state index contributed by atoms with van der Waals surface area (Å²) in [5.74, 6) is 0.280. The van der Waals surface area contributed by atoms with Crippen molar-refractivity contribution in [3.63, 3.8) is 0 Å². The summed E-state index contributed by atoms with van der Waals surface area (Å²) in [5.41, 5.74) is 2.62. The Balaban J connectivity index is 2.24. The average molecular weight is 275 g/mol. The van der Waals surface area contributed by atoms with Gasteiger partial charge in [0.05, 0.1) is 12.8 Å². The van der Waals surface area contributed by atoms with Crippen LogP contribution >= 0.6 is 0 Å². The summed E-state index contributed by atoms with van der Waals surface area (Å²) < 4.78 is 18.4. The highest BCUT2D eigenvalue weighted by Crippen LogP contribution is 2.32. The van der Waals surface area contributed by atoms with Gasteiger partial charge in [0.15, 0.2) is 0 Å². The van der Waals surface area contributed by atoms with Gasteiger partial charge in [-0.3, -0.25) is 0 Å². The third-order valence-electron chi connectivity index (χ3n) is 2.93. The molecule has 0 bridgehead atoms. The lowest BCUT2D eigenvalue weighted by atomic mass is 10.2. The van der Waals surface area contributed by atoms with Crippen LogP contribution in [0.3, 0.4) is 0 Å². The van der Waals surface area contributed by atoms with E-state index in [9.17, 15) is 4.39 Å². The normalized spacial score (nSPS) is 10.2. The molecule has 0 fully saturated rings. The van der Waals surface area contributed by atoms with Gasteiger partial charge >= 0.3 is 0 Å². The molecule has 1 aromatic carbocycles. The van der Waals surface area contributed by atoms with E-state index in [1.54, 1.807) is 19.4 Å². The molecule has 0 amide bonds. The Morgan fingerprint density at radius 1 is 1.30 bits per heavy atom. The van der Waals surface area contributed by atoms with E-state index in [2.05, 4.69) is 10.3 Å². The fourth-order valence-corrected chi connectivity index (χ4v) is 1.96. The van der Waals surface area contributed by atoms with Crippen LogP contribution in [-0.4, -0.2) is 26.2 Å². The van der Waals surface area contributed by atoms with E-state index < -0.39 is 0 Å². The van der Waals surface area contributed by atoms with E-state index in [1.807, 2.05) is 31.1 Å². The van der Waals surface area contributed by atoms with Crippen molar-refractivity contribution in [2.45, 2.75) is 6.54 Å². The lowest BCUT2D eigenvalue weighted by Gasteiger charge is -2.20. The number of halogens is 1. The van der Waals surface area contributed by atoms with Gasteiger partial charge < -0.3 is 15.0 Å². The highest BCUT2D eigenvalue weighted by Gasteiger charge is 2.11. The summed E-state index contributed by atoms with van der Waals surface area (Å²) >= 11 is 0. The molecule has 2 aromatic rings. The van der Waals surface area contributed by atoms with Crippen molar-refractivity contribution in [3.05, 3.63) is 47.9 Å². The Kier molecular flexibility index (Phi) is 4.40. The molecule has 0 radical (unpaired) electrons. The predicted octanol–water partition coefficient (Wildman–Crippen LogP) is 2.91. The van der Waals surface area contributed by atoms with Crippen LogP contribution in [0.1, 0.15) is 5.56 Å². The Hall–Kier alpha value is -2.30. The van der Waals surface area contributed by atoms with Gasteiger partial charge in [0, 0.05) is 26.8 Å². The van der Waals surface area contributed by atoms with Gasteiger partial charge in [-0.2, -0.15) is 0 Å². The molecule has 0 atom stereocenters. The number of nitrogens with one attached hydrogen (secondary N) is 1. The molecule has 0 aliphatic carbocycles. The van der Waals surface area contributed by atoms with Crippen molar-refractivity contribution < 1.29 is 9.13 Å². The average Bonchev–Trinajstić information content (AvgIpc) is 2.44. The number of pyridine rings is 1. The van der Waals surface area contributed by atoms with Crippen molar-refractivity contribution in [3.8, 4) is 5.88 Å². The largest absolute Gasteiger partial charge is 0.479 e. The van der Waals surface area contributed by atoms with Gasteiger partial charge in [0.25, 0.3) is 0 Å². The summed E-state index contributed by atoms with van der Waals surface area (Å²) in [5, 5.41) is 3.26. The number of rotatable bonds is 5. The topological polar surface area (TPSA) is 37.4 Å². The quantitative estimate of drug-likeness (QED) is 0.910. The van der Waals surface area contributed by atoms with Crippen LogP contribution in [0.5, 0.6) is 5.88 Å². The fraction of sp³-hybridized carbons (Fsp3) is 0.267. The number of hydrogen-bond donors (Lipinski definition) is 1. The number of methoxy groups -OCH3 is 1. The molecule has 0 unspecified atom stereocenters. The first-order valence-electron chi connectivity index (χ1n) is 6.30. The Morgan fingerprint density at radius 2 is 2.10 bits per heavy atom. The van der Waals surface area contributed by atoms with Gasteiger partial charge in [-0.1, -0.05) is 12.1 Å². The lowest BCUT2D eigenvalue weighted by Crippen LogP contribution is -2.13. The molecule has 0 saturated heterocycles. The molecule has 5 heteroatoms. The molecular formula is C15H18FN3O. The van der Waals surface area contributed by atoms with Crippen molar-refractivity contribution in [2.24, 2.45) is 0 Å². The number of aromatic nitrogens is 1. The fourth-order valence-electron chi connectivity index (χ4n) is 1.96. The maximum atomic E-state index is 13.2. The third-order valence-corrected chi connectivity index (χ3v) is 2.93. The summed E-state index contributed by atoms with van der Waals surface area (Å²) in [7, 11) is 5.47. The van der Waals surface area contributed by atoms with E-state index in [0.29, 0.717) is 12.4 Å². The van der Waals surface area contributed by atoms with Crippen molar-refractivity contribution in [2.75, 3.05) is 31.4 Å². The van der Waals surface area contributed by atoms with Crippen molar-refractivity contribution >= 4 is 11.4 Å². The number of nitrogens with zero attached hydrogens (tertiary/aromatic N) is 2. The molecule has 4 nitrogen and oxygen atoms in total.